The Morgan fingerprint density at radius 2 is 1.72 bits per heavy atom. The van der Waals surface area contributed by atoms with E-state index in [0.717, 1.165) is 31.1 Å². The van der Waals surface area contributed by atoms with Crippen molar-refractivity contribution in [1.29, 1.82) is 0 Å². The van der Waals surface area contributed by atoms with Crippen LogP contribution in [0, 0.1) is 0 Å². The van der Waals surface area contributed by atoms with Crippen molar-refractivity contribution < 1.29 is 4.21 Å². The van der Waals surface area contributed by atoms with E-state index in [-0.39, 0.29) is 0 Å². The van der Waals surface area contributed by atoms with Crippen molar-refractivity contribution in [2.75, 3.05) is 24.6 Å². The number of benzene rings is 2. The van der Waals surface area contributed by atoms with Crippen molar-refractivity contribution in [1.82, 2.24) is 4.90 Å². The van der Waals surface area contributed by atoms with Gasteiger partial charge >= 0.3 is 0 Å². The summed E-state index contributed by atoms with van der Waals surface area (Å²) in [6.45, 7) is 2.88. The number of nitrogens with zero attached hydrogens (tertiary/aromatic N) is 1. The smallest absolute Gasteiger partial charge is 0.0363 e. The minimum Gasteiger partial charge on any atom is -0.297 e. The summed E-state index contributed by atoms with van der Waals surface area (Å²) in [4.78, 5) is 2.41. The molecule has 2 aromatic carbocycles. The van der Waals surface area contributed by atoms with Crippen molar-refractivity contribution in [2.45, 2.75) is 6.54 Å². The fourth-order valence-electron chi connectivity index (χ4n) is 2.51. The highest BCUT2D eigenvalue weighted by atomic mass is 32.2. The molecule has 1 fully saturated rings. The summed E-state index contributed by atoms with van der Waals surface area (Å²) < 4.78 is 11.4. The van der Waals surface area contributed by atoms with Crippen molar-refractivity contribution in [3.05, 3.63) is 48.0 Å². The minimum absolute atomic E-state index is 0.588. The minimum atomic E-state index is -0.588. The van der Waals surface area contributed by atoms with E-state index in [1.807, 2.05) is 0 Å². The van der Waals surface area contributed by atoms with E-state index in [2.05, 4.69) is 47.4 Å². The molecule has 0 spiro atoms. The van der Waals surface area contributed by atoms with Gasteiger partial charge in [0.25, 0.3) is 0 Å². The second-order valence-electron chi connectivity index (χ2n) is 4.76. The molecule has 1 saturated heterocycles. The third kappa shape index (κ3) is 2.47. The van der Waals surface area contributed by atoms with Gasteiger partial charge in [-0.05, 0) is 16.3 Å². The van der Waals surface area contributed by atoms with Crippen LogP contribution in [0.15, 0.2) is 42.5 Å². The van der Waals surface area contributed by atoms with Crippen LogP contribution in [0.25, 0.3) is 10.8 Å². The molecule has 3 rings (SSSR count). The van der Waals surface area contributed by atoms with E-state index in [1.54, 1.807) is 0 Å². The molecular weight excluding hydrogens is 242 g/mol. The standard InChI is InChI=1S/C15H17NOS/c17-18-10-8-16(9-11-18)12-14-6-3-5-13-4-1-2-7-15(13)14/h1-7H,8-12H2. The zero-order valence-corrected chi connectivity index (χ0v) is 11.2. The van der Waals surface area contributed by atoms with Gasteiger partial charge in [-0.25, -0.2) is 0 Å². The van der Waals surface area contributed by atoms with Crippen molar-refractivity contribution in [2.24, 2.45) is 0 Å². The van der Waals surface area contributed by atoms with Crippen LogP contribution in [0.3, 0.4) is 0 Å². The van der Waals surface area contributed by atoms with E-state index in [4.69, 9.17) is 0 Å². The lowest BCUT2D eigenvalue weighted by Crippen LogP contribution is -2.37. The molecule has 0 radical (unpaired) electrons. The molecule has 94 valence electrons. The summed E-state index contributed by atoms with van der Waals surface area (Å²) >= 11 is 0. The molecule has 1 aliphatic heterocycles. The average Bonchev–Trinajstić information content (AvgIpc) is 2.42. The fraction of sp³-hybridized carbons (Fsp3) is 0.333. The molecule has 0 aliphatic carbocycles. The number of hydrogen-bond donors (Lipinski definition) is 0. The van der Waals surface area contributed by atoms with E-state index < -0.39 is 10.8 Å². The molecule has 2 nitrogen and oxygen atoms in total. The van der Waals surface area contributed by atoms with Crippen molar-refractivity contribution >= 4 is 21.6 Å². The normalized spacial score (nSPS) is 18.2. The molecule has 1 heterocycles. The van der Waals surface area contributed by atoms with Crippen LogP contribution in [-0.4, -0.2) is 33.7 Å². The largest absolute Gasteiger partial charge is 0.297 e. The first-order chi connectivity index (χ1) is 8.83. The van der Waals surface area contributed by atoms with Crippen molar-refractivity contribution in [3.8, 4) is 0 Å². The predicted molar refractivity (Wildman–Crippen MR) is 77.1 cm³/mol. The third-order valence-corrected chi connectivity index (χ3v) is 4.82. The summed E-state index contributed by atoms with van der Waals surface area (Å²) in [6, 6.07) is 15.0. The first-order valence-electron chi connectivity index (χ1n) is 6.37. The predicted octanol–water partition coefficient (Wildman–Crippen LogP) is 2.40. The quantitative estimate of drug-likeness (QED) is 0.825. The van der Waals surface area contributed by atoms with Crippen LogP contribution < -0.4 is 0 Å². The Bertz CT molecular complexity index is 566. The van der Waals surface area contributed by atoms with E-state index in [1.165, 1.54) is 16.3 Å². The van der Waals surface area contributed by atoms with Gasteiger partial charge in [-0.2, -0.15) is 0 Å². The summed E-state index contributed by atoms with van der Waals surface area (Å²) in [5, 5.41) is 2.64. The van der Waals surface area contributed by atoms with Crippen LogP contribution in [0.4, 0.5) is 0 Å². The SMILES string of the molecule is O=S1CCN(Cc2cccc3ccccc23)CC1. The Kier molecular flexibility index (Phi) is 3.43. The summed E-state index contributed by atoms with van der Waals surface area (Å²) in [7, 11) is -0.588. The Morgan fingerprint density at radius 1 is 1.00 bits per heavy atom. The molecule has 0 atom stereocenters. The molecule has 1 aliphatic rings. The molecule has 18 heavy (non-hydrogen) atoms. The Morgan fingerprint density at radius 3 is 2.56 bits per heavy atom. The maximum absolute atomic E-state index is 11.4. The van der Waals surface area contributed by atoms with Gasteiger partial charge < -0.3 is 0 Å². The molecule has 3 heteroatoms. The highest BCUT2D eigenvalue weighted by Gasteiger charge is 2.15. The molecule has 0 N–H and O–H groups in total. The molecule has 0 amide bonds. The van der Waals surface area contributed by atoms with Crippen LogP contribution >= 0.6 is 0 Å². The molecule has 0 saturated carbocycles. The van der Waals surface area contributed by atoms with Crippen LogP contribution in [0.1, 0.15) is 5.56 Å². The Balaban J connectivity index is 1.84. The Hall–Kier alpha value is -1.19. The van der Waals surface area contributed by atoms with Gasteiger partial charge in [-0.3, -0.25) is 9.11 Å². The van der Waals surface area contributed by atoms with Gasteiger partial charge in [0.05, 0.1) is 0 Å². The lowest BCUT2D eigenvalue weighted by molar-refractivity contribution is 0.292. The maximum Gasteiger partial charge on any atom is 0.0363 e. The second kappa shape index (κ2) is 5.21. The van der Waals surface area contributed by atoms with Crippen molar-refractivity contribution in [3.63, 3.8) is 0 Å². The highest BCUT2D eigenvalue weighted by molar-refractivity contribution is 7.85. The summed E-state index contributed by atoms with van der Waals surface area (Å²) in [5.74, 6) is 1.65. The monoisotopic (exact) mass is 259 g/mol. The van der Waals surface area contributed by atoms with E-state index >= 15 is 0 Å². The fourth-order valence-corrected chi connectivity index (χ4v) is 3.63. The lowest BCUT2D eigenvalue weighted by Gasteiger charge is -2.26. The molecule has 0 unspecified atom stereocenters. The first kappa shape index (κ1) is 11.9. The van der Waals surface area contributed by atoms with E-state index in [0.29, 0.717) is 0 Å². The Labute approximate surface area is 110 Å². The summed E-state index contributed by atoms with van der Waals surface area (Å²) in [6.07, 6.45) is 0. The second-order valence-corrected chi connectivity index (χ2v) is 6.46. The van der Waals surface area contributed by atoms with Gasteiger partial charge in [-0.1, -0.05) is 42.5 Å². The lowest BCUT2D eigenvalue weighted by atomic mass is 10.0. The molecule has 2 aromatic rings. The summed E-state index contributed by atoms with van der Waals surface area (Å²) in [5.41, 5.74) is 1.38. The average molecular weight is 259 g/mol. The number of hydrogen-bond acceptors (Lipinski definition) is 2. The van der Waals surface area contributed by atoms with E-state index in [9.17, 15) is 4.21 Å². The van der Waals surface area contributed by atoms with Crippen LogP contribution in [-0.2, 0) is 17.3 Å². The highest BCUT2D eigenvalue weighted by Crippen LogP contribution is 2.20. The van der Waals surface area contributed by atoms with Gasteiger partial charge in [0.15, 0.2) is 0 Å². The van der Waals surface area contributed by atoms with Gasteiger partial charge in [0.2, 0.25) is 0 Å². The van der Waals surface area contributed by atoms with Gasteiger partial charge in [0, 0.05) is 41.9 Å². The molecule has 0 aromatic heterocycles. The zero-order chi connectivity index (χ0) is 12.4. The number of rotatable bonds is 2. The van der Waals surface area contributed by atoms with Crippen LogP contribution in [0.2, 0.25) is 0 Å². The van der Waals surface area contributed by atoms with Crippen LogP contribution in [0.5, 0.6) is 0 Å². The zero-order valence-electron chi connectivity index (χ0n) is 10.3. The first-order valence-corrected chi connectivity index (χ1v) is 7.86. The third-order valence-electron chi connectivity index (χ3n) is 3.54. The number of fused-ring (bicyclic) bond motifs is 1. The molecule has 0 bridgehead atoms. The maximum atomic E-state index is 11.4. The topological polar surface area (TPSA) is 20.3 Å². The van der Waals surface area contributed by atoms with Gasteiger partial charge in [-0.15, -0.1) is 0 Å². The van der Waals surface area contributed by atoms with Gasteiger partial charge in [0.1, 0.15) is 0 Å². The molecular formula is C15H17NOS.